The van der Waals surface area contributed by atoms with E-state index in [1.807, 2.05) is 30.5 Å². The molecule has 0 heterocycles. The van der Waals surface area contributed by atoms with Crippen LogP contribution in [0.3, 0.4) is 0 Å². The first-order valence-electron chi connectivity index (χ1n) is 6.28. The predicted octanol–water partition coefficient (Wildman–Crippen LogP) is 2.44. The third kappa shape index (κ3) is 3.27. The van der Waals surface area contributed by atoms with Gasteiger partial charge in [0, 0.05) is 17.0 Å². The monoisotopic (exact) mass is 265 g/mol. The van der Waals surface area contributed by atoms with Crippen LogP contribution in [0.25, 0.3) is 0 Å². The standard InChI is InChI=1S/C14H19NO2S/c1-18-12-6-4-11(5-7-12)13(16)15-10-14(17)8-2-3-9-14/h4-7,17H,2-3,8-10H2,1H3,(H,15,16). The van der Waals surface area contributed by atoms with E-state index in [2.05, 4.69) is 5.32 Å². The van der Waals surface area contributed by atoms with Gasteiger partial charge in [0.2, 0.25) is 0 Å². The van der Waals surface area contributed by atoms with Crippen LogP contribution >= 0.6 is 11.8 Å². The maximum atomic E-state index is 11.9. The summed E-state index contributed by atoms with van der Waals surface area (Å²) < 4.78 is 0. The van der Waals surface area contributed by atoms with Gasteiger partial charge in [0.05, 0.1) is 5.60 Å². The lowest BCUT2D eigenvalue weighted by Gasteiger charge is -2.22. The fraction of sp³-hybridized carbons (Fsp3) is 0.500. The molecular weight excluding hydrogens is 246 g/mol. The van der Waals surface area contributed by atoms with Gasteiger partial charge >= 0.3 is 0 Å². The lowest BCUT2D eigenvalue weighted by atomic mass is 10.0. The number of aliphatic hydroxyl groups is 1. The van der Waals surface area contributed by atoms with Crippen molar-refractivity contribution in [3.63, 3.8) is 0 Å². The third-order valence-corrected chi connectivity index (χ3v) is 4.21. The molecule has 1 amide bonds. The highest BCUT2D eigenvalue weighted by molar-refractivity contribution is 7.98. The molecule has 0 aromatic heterocycles. The molecule has 3 nitrogen and oxygen atoms in total. The van der Waals surface area contributed by atoms with Crippen LogP contribution in [0.5, 0.6) is 0 Å². The molecular formula is C14H19NO2S. The second-order valence-corrected chi connectivity index (χ2v) is 5.72. The van der Waals surface area contributed by atoms with Gasteiger partial charge < -0.3 is 10.4 Å². The van der Waals surface area contributed by atoms with Crippen LogP contribution in [0.4, 0.5) is 0 Å². The molecule has 0 atom stereocenters. The lowest BCUT2D eigenvalue weighted by molar-refractivity contribution is 0.0449. The zero-order valence-electron chi connectivity index (χ0n) is 10.6. The largest absolute Gasteiger partial charge is 0.388 e. The van der Waals surface area contributed by atoms with E-state index in [-0.39, 0.29) is 5.91 Å². The second kappa shape index (κ2) is 5.76. The Kier molecular flexibility index (Phi) is 4.30. The van der Waals surface area contributed by atoms with E-state index in [9.17, 15) is 9.90 Å². The van der Waals surface area contributed by atoms with Crippen LogP contribution in [0.15, 0.2) is 29.2 Å². The number of amides is 1. The Morgan fingerprint density at radius 1 is 1.33 bits per heavy atom. The number of nitrogens with one attached hydrogen (secondary N) is 1. The minimum atomic E-state index is -0.686. The fourth-order valence-corrected chi connectivity index (χ4v) is 2.71. The molecule has 2 N–H and O–H groups in total. The Balaban J connectivity index is 1.90. The highest BCUT2D eigenvalue weighted by Crippen LogP contribution is 2.28. The molecule has 0 aliphatic heterocycles. The average molecular weight is 265 g/mol. The summed E-state index contributed by atoms with van der Waals surface area (Å²) in [5.74, 6) is -0.108. The van der Waals surface area contributed by atoms with Crippen molar-refractivity contribution in [3.8, 4) is 0 Å². The summed E-state index contributed by atoms with van der Waals surface area (Å²) in [7, 11) is 0. The summed E-state index contributed by atoms with van der Waals surface area (Å²) in [4.78, 5) is 13.1. The molecule has 98 valence electrons. The van der Waals surface area contributed by atoms with Gasteiger partial charge in [0.25, 0.3) is 5.91 Å². The first-order chi connectivity index (χ1) is 8.63. The van der Waals surface area contributed by atoms with Crippen LogP contribution in [0.2, 0.25) is 0 Å². The number of carbonyl (C=O) groups is 1. The fourth-order valence-electron chi connectivity index (χ4n) is 2.30. The van der Waals surface area contributed by atoms with Crippen molar-refractivity contribution in [2.24, 2.45) is 0 Å². The van der Waals surface area contributed by atoms with E-state index in [0.29, 0.717) is 12.1 Å². The second-order valence-electron chi connectivity index (χ2n) is 4.84. The molecule has 1 aromatic carbocycles. The lowest BCUT2D eigenvalue weighted by Crippen LogP contribution is -2.40. The minimum absolute atomic E-state index is 0.108. The molecule has 18 heavy (non-hydrogen) atoms. The van der Waals surface area contributed by atoms with Crippen molar-refractivity contribution in [1.82, 2.24) is 5.32 Å². The molecule has 1 aliphatic carbocycles. The summed E-state index contributed by atoms with van der Waals surface area (Å²) in [6.07, 6.45) is 5.69. The molecule has 1 fully saturated rings. The minimum Gasteiger partial charge on any atom is -0.388 e. The first-order valence-corrected chi connectivity index (χ1v) is 7.50. The van der Waals surface area contributed by atoms with Gasteiger partial charge in [-0.1, -0.05) is 12.8 Å². The van der Waals surface area contributed by atoms with Crippen LogP contribution < -0.4 is 5.32 Å². The predicted molar refractivity (Wildman–Crippen MR) is 74.0 cm³/mol. The molecule has 4 heteroatoms. The number of carbonyl (C=O) groups excluding carboxylic acids is 1. The number of benzene rings is 1. The zero-order valence-corrected chi connectivity index (χ0v) is 11.4. The van der Waals surface area contributed by atoms with Crippen LogP contribution in [0.1, 0.15) is 36.0 Å². The van der Waals surface area contributed by atoms with Crippen molar-refractivity contribution < 1.29 is 9.90 Å². The number of thioether (sulfide) groups is 1. The molecule has 2 rings (SSSR count). The number of hydrogen-bond donors (Lipinski definition) is 2. The molecule has 1 aromatic rings. The van der Waals surface area contributed by atoms with E-state index in [0.717, 1.165) is 30.6 Å². The normalized spacial score (nSPS) is 17.7. The van der Waals surface area contributed by atoms with Crippen LogP contribution in [-0.2, 0) is 0 Å². The molecule has 0 bridgehead atoms. The highest BCUT2D eigenvalue weighted by Gasteiger charge is 2.31. The molecule has 0 spiro atoms. The third-order valence-electron chi connectivity index (χ3n) is 3.46. The van der Waals surface area contributed by atoms with Crippen molar-refractivity contribution in [1.29, 1.82) is 0 Å². The molecule has 0 saturated heterocycles. The molecule has 0 unspecified atom stereocenters. The Bertz CT molecular complexity index is 410. The Morgan fingerprint density at radius 2 is 1.94 bits per heavy atom. The Hall–Kier alpha value is -1.00. The average Bonchev–Trinajstić information content (AvgIpc) is 2.83. The Labute approximate surface area is 112 Å². The van der Waals surface area contributed by atoms with Crippen molar-refractivity contribution in [2.75, 3.05) is 12.8 Å². The van der Waals surface area contributed by atoms with Crippen LogP contribution in [-0.4, -0.2) is 29.4 Å². The summed E-state index contributed by atoms with van der Waals surface area (Å²) in [6, 6.07) is 7.51. The van der Waals surface area contributed by atoms with Gasteiger partial charge in [-0.2, -0.15) is 0 Å². The van der Waals surface area contributed by atoms with Gasteiger partial charge in [0.15, 0.2) is 0 Å². The van der Waals surface area contributed by atoms with Gasteiger partial charge in [-0.05, 0) is 43.4 Å². The van der Waals surface area contributed by atoms with Crippen LogP contribution in [0, 0.1) is 0 Å². The van der Waals surface area contributed by atoms with E-state index in [4.69, 9.17) is 0 Å². The van der Waals surface area contributed by atoms with E-state index < -0.39 is 5.60 Å². The van der Waals surface area contributed by atoms with E-state index in [1.165, 1.54) is 0 Å². The SMILES string of the molecule is CSc1ccc(C(=O)NCC2(O)CCCC2)cc1. The van der Waals surface area contributed by atoms with E-state index >= 15 is 0 Å². The summed E-state index contributed by atoms with van der Waals surface area (Å²) >= 11 is 1.65. The smallest absolute Gasteiger partial charge is 0.251 e. The highest BCUT2D eigenvalue weighted by atomic mass is 32.2. The maximum absolute atomic E-state index is 11.9. The maximum Gasteiger partial charge on any atom is 0.251 e. The van der Waals surface area contributed by atoms with E-state index in [1.54, 1.807) is 11.8 Å². The summed E-state index contributed by atoms with van der Waals surface area (Å²) in [6.45, 7) is 0.357. The van der Waals surface area contributed by atoms with Crippen molar-refractivity contribution in [2.45, 2.75) is 36.2 Å². The van der Waals surface area contributed by atoms with Crippen molar-refractivity contribution in [3.05, 3.63) is 29.8 Å². The topological polar surface area (TPSA) is 49.3 Å². The quantitative estimate of drug-likeness (QED) is 0.822. The van der Waals surface area contributed by atoms with Gasteiger partial charge in [-0.25, -0.2) is 0 Å². The van der Waals surface area contributed by atoms with Crippen molar-refractivity contribution >= 4 is 17.7 Å². The molecule has 0 radical (unpaired) electrons. The summed E-state index contributed by atoms with van der Waals surface area (Å²) in [5, 5.41) is 13.0. The van der Waals surface area contributed by atoms with Gasteiger partial charge in [-0.3, -0.25) is 4.79 Å². The number of hydrogen-bond acceptors (Lipinski definition) is 3. The van der Waals surface area contributed by atoms with Gasteiger partial charge in [-0.15, -0.1) is 11.8 Å². The zero-order chi connectivity index (χ0) is 13.0. The van der Waals surface area contributed by atoms with Gasteiger partial charge in [0.1, 0.15) is 0 Å². The molecule has 1 aliphatic rings. The Morgan fingerprint density at radius 3 is 2.50 bits per heavy atom. The molecule has 1 saturated carbocycles. The number of rotatable bonds is 4. The summed E-state index contributed by atoms with van der Waals surface area (Å²) in [5.41, 5.74) is -0.0381. The first kappa shape index (κ1) is 13.4.